The zero-order valence-electron chi connectivity index (χ0n) is 16.6. The van der Waals surface area contributed by atoms with E-state index in [1.54, 1.807) is 12.4 Å². The highest BCUT2D eigenvalue weighted by atomic mass is 32.3. The number of aromatic amines is 1. The number of imidazole rings is 1. The van der Waals surface area contributed by atoms with Gasteiger partial charge in [-0.15, -0.1) is 11.7 Å². The lowest BCUT2D eigenvalue weighted by Crippen LogP contribution is -2.09. The second-order valence-corrected chi connectivity index (χ2v) is 9.18. The van der Waals surface area contributed by atoms with Crippen molar-refractivity contribution in [3.63, 3.8) is 0 Å². The van der Waals surface area contributed by atoms with E-state index in [0.29, 0.717) is 11.3 Å². The number of nitrogens with zero attached hydrogens (tertiary/aromatic N) is 4. The lowest BCUT2D eigenvalue weighted by atomic mass is 9.84. The van der Waals surface area contributed by atoms with Crippen molar-refractivity contribution >= 4 is 27.7 Å². The van der Waals surface area contributed by atoms with Gasteiger partial charge in [0.25, 0.3) is 0 Å². The van der Waals surface area contributed by atoms with Crippen LogP contribution in [0.3, 0.4) is 0 Å². The molecule has 0 radical (unpaired) electrons. The van der Waals surface area contributed by atoms with Crippen LogP contribution in [0.15, 0.2) is 53.8 Å². The molecular weight excluding hydrogens is 442 g/mol. The summed E-state index contributed by atoms with van der Waals surface area (Å²) in [6, 6.07) is 6.95. The molecule has 2 aromatic carbocycles. The van der Waals surface area contributed by atoms with Crippen LogP contribution in [0.4, 0.5) is 16.0 Å². The smallest absolute Gasteiger partial charge is 0.240 e. The van der Waals surface area contributed by atoms with Crippen molar-refractivity contribution in [2.24, 2.45) is 0 Å². The van der Waals surface area contributed by atoms with Crippen LogP contribution in [0.2, 0.25) is 0 Å². The molecule has 3 heterocycles. The summed E-state index contributed by atoms with van der Waals surface area (Å²) in [6.07, 6.45) is 5.83. The molecule has 1 unspecified atom stereocenters. The van der Waals surface area contributed by atoms with Crippen LogP contribution in [-0.4, -0.2) is 24.6 Å². The molecule has 1 aliphatic rings. The molecule has 0 aliphatic heterocycles. The van der Waals surface area contributed by atoms with Crippen molar-refractivity contribution in [3.8, 4) is 22.5 Å². The van der Waals surface area contributed by atoms with Crippen molar-refractivity contribution in [3.05, 3.63) is 66.0 Å². The van der Waals surface area contributed by atoms with Gasteiger partial charge in [0, 0.05) is 28.6 Å². The lowest BCUT2D eigenvalue weighted by molar-refractivity contribution is 0.568. The predicted octanol–water partition coefficient (Wildman–Crippen LogP) is 6.56. The van der Waals surface area contributed by atoms with E-state index in [2.05, 4.69) is 22.1 Å². The third-order valence-corrected chi connectivity index (χ3v) is 6.79. The Bertz CT molecular complexity index is 1540. The Kier molecular flexibility index (Phi) is 3.95. The van der Waals surface area contributed by atoms with Gasteiger partial charge in [0.2, 0.25) is 11.2 Å². The van der Waals surface area contributed by atoms with Crippen molar-refractivity contribution in [2.45, 2.75) is 24.2 Å². The minimum atomic E-state index is -5.70. The van der Waals surface area contributed by atoms with Gasteiger partial charge in [-0.25, -0.2) is 9.37 Å². The molecule has 0 spiro atoms. The third-order valence-electron chi connectivity index (χ3n) is 5.98. The number of hydrogen-bond donors (Lipinski definition) is 1. The first-order valence-electron chi connectivity index (χ1n) is 9.86. The highest BCUT2D eigenvalue weighted by Crippen LogP contribution is 2.61. The molecule has 6 rings (SSSR count). The van der Waals surface area contributed by atoms with Crippen molar-refractivity contribution < 1.29 is 16.0 Å². The largest absolute Gasteiger partial charge is 0.296 e. The first-order valence-corrected chi connectivity index (χ1v) is 11.2. The standard InChI is InChI=1S/C22H15F4N5S/c1-11-6-14-13(3-5-17-15(14)8-28-30-17)22-21(11)29-20-9-27-18(10-31(20)22)12-2-4-16(23)19(7-12)32(24,25)26/h2-5,7-11H,6H2,1H3,(H,28,30). The Labute approximate surface area is 181 Å². The Morgan fingerprint density at radius 2 is 1.97 bits per heavy atom. The average molecular weight is 457 g/mol. The van der Waals surface area contributed by atoms with Crippen LogP contribution in [0.1, 0.15) is 24.1 Å². The Balaban J connectivity index is 1.58. The van der Waals surface area contributed by atoms with Crippen LogP contribution in [0, 0.1) is 5.82 Å². The molecule has 0 fully saturated rings. The number of nitrogens with one attached hydrogen (secondary N) is 1. The molecule has 1 N–H and O–H groups in total. The van der Waals surface area contributed by atoms with Gasteiger partial charge in [-0.2, -0.15) is 5.10 Å². The summed E-state index contributed by atoms with van der Waals surface area (Å²) in [6.45, 7) is 2.10. The number of aromatic nitrogens is 5. The zero-order chi connectivity index (χ0) is 22.2. The van der Waals surface area contributed by atoms with Gasteiger partial charge < -0.3 is 0 Å². The number of hydrogen-bond acceptors (Lipinski definition) is 3. The Morgan fingerprint density at radius 1 is 1.12 bits per heavy atom. The minimum Gasteiger partial charge on any atom is -0.296 e. The molecule has 5 nitrogen and oxygen atoms in total. The van der Waals surface area contributed by atoms with Gasteiger partial charge in [-0.1, -0.05) is 13.0 Å². The third kappa shape index (κ3) is 2.75. The Morgan fingerprint density at radius 3 is 2.78 bits per heavy atom. The summed E-state index contributed by atoms with van der Waals surface area (Å²) >= 11 is -5.70. The van der Waals surface area contributed by atoms with Crippen LogP contribution in [0.25, 0.3) is 39.1 Å². The van der Waals surface area contributed by atoms with Gasteiger partial charge in [0.15, 0.2) is 5.65 Å². The van der Waals surface area contributed by atoms with Crippen molar-refractivity contribution in [1.82, 2.24) is 24.6 Å². The minimum absolute atomic E-state index is 0.146. The lowest BCUT2D eigenvalue weighted by Gasteiger charge is -2.22. The molecule has 1 atom stereocenters. The fourth-order valence-corrected chi connectivity index (χ4v) is 5.04. The highest BCUT2D eigenvalue weighted by molar-refractivity contribution is 8.20. The van der Waals surface area contributed by atoms with Crippen LogP contribution in [-0.2, 0) is 6.42 Å². The molecule has 10 heteroatoms. The molecule has 1 aliphatic carbocycles. The number of rotatable bonds is 2. The predicted molar refractivity (Wildman–Crippen MR) is 115 cm³/mol. The Hall–Kier alpha value is -3.40. The van der Waals surface area contributed by atoms with E-state index < -0.39 is 21.9 Å². The maximum atomic E-state index is 13.8. The van der Waals surface area contributed by atoms with E-state index in [-0.39, 0.29) is 11.5 Å². The van der Waals surface area contributed by atoms with Crippen LogP contribution in [0.5, 0.6) is 0 Å². The van der Waals surface area contributed by atoms with Crippen molar-refractivity contribution in [1.29, 1.82) is 0 Å². The number of fused-ring (bicyclic) bond motifs is 7. The molecule has 0 saturated carbocycles. The summed E-state index contributed by atoms with van der Waals surface area (Å²) in [7, 11) is 0. The van der Waals surface area contributed by atoms with Crippen LogP contribution >= 0.6 is 11.2 Å². The topological polar surface area (TPSA) is 58.9 Å². The van der Waals surface area contributed by atoms with Crippen molar-refractivity contribution in [2.75, 3.05) is 0 Å². The second-order valence-electron chi connectivity index (χ2n) is 7.93. The van der Waals surface area contributed by atoms with E-state index >= 15 is 0 Å². The van der Waals surface area contributed by atoms with E-state index in [4.69, 9.17) is 4.98 Å². The molecule has 5 aromatic rings. The molecule has 0 bridgehead atoms. The molecule has 162 valence electrons. The molecule has 3 aromatic heterocycles. The SMILES string of the molecule is CC1Cc2c(ccc3[nH]ncc23)-c2c1nc1cnc(-c3ccc(F)c(S(F)(F)F)c3)cn21. The molecule has 0 amide bonds. The van der Waals surface area contributed by atoms with E-state index in [1.165, 1.54) is 6.07 Å². The summed E-state index contributed by atoms with van der Waals surface area (Å²) in [4.78, 5) is 7.83. The molecular formula is C22H15F4N5S. The monoisotopic (exact) mass is 457 g/mol. The molecule has 32 heavy (non-hydrogen) atoms. The summed E-state index contributed by atoms with van der Waals surface area (Å²) < 4.78 is 55.5. The maximum Gasteiger partial charge on any atom is 0.240 e. The van der Waals surface area contributed by atoms with Gasteiger partial charge in [-0.3, -0.25) is 14.5 Å². The van der Waals surface area contributed by atoms with Crippen LogP contribution < -0.4 is 0 Å². The average Bonchev–Trinajstić information content (AvgIpc) is 3.38. The zero-order valence-corrected chi connectivity index (χ0v) is 17.4. The first-order chi connectivity index (χ1) is 15.3. The van der Waals surface area contributed by atoms with Gasteiger partial charge >= 0.3 is 0 Å². The number of benzene rings is 2. The molecule has 0 saturated heterocycles. The summed E-state index contributed by atoms with van der Waals surface area (Å²) in [5.74, 6) is -1.13. The van der Waals surface area contributed by atoms with Gasteiger partial charge in [0.05, 0.1) is 35.0 Å². The fraction of sp³-hybridized carbons (Fsp3) is 0.136. The highest BCUT2D eigenvalue weighted by Gasteiger charge is 2.30. The summed E-state index contributed by atoms with van der Waals surface area (Å²) in [5, 5.41) is 8.18. The first kappa shape index (κ1) is 19.3. The number of H-pyrrole nitrogens is 1. The van der Waals surface area contributed by atoms with Gasteiger partial charge in [-0.05, 0) is 36.2 Å². The normalized spacial score (nSPS) is 16.3. The quantitative estimate of drug-likeness (QED) is 0.306. The second kappa shape index (κ2) is 6.55. The number of halogens is 4. The fourth-order valence-electron chi connectivity index (χ4n) is 4.49. The van der Waals surface area contributed by atoms with E-state index in [0.717, 1.165) is 52.0 Å². The van der Waals surface area contributed by atoms with Gasteiger partial charge in [0.1, 0.15) is 10.7 Å². The van der Waals surface area contributed by atoms with E-state index in [9.17, 15) is 16.0 Å². The van der Waals surface area contributed by atoms with E-state index in [1.807, 2.05) is 22.7 Å². The maximum absolute atomic E-state index is 13.8. The summed E-state index contributed by atoms with van der Waals surface area (Å²) in [5.41, 5.74) is 6.04.